The summed E-state index contributed by atoms with van der Waals surface area (Å²) in [6.45, 7) is 0.827. The van der Waals surface area contributed by atoms with Gasteiger partial charge in [-0.15, -0.1) is 0 Å². The fourth-order valence-electron chi connectivity index (χ4n) is 1.42. The number of nitrogens with zero attached hydrogens (tertiary/aromatic N) is 1. The summed E-state index contributed by atoms with van der Waals surface area (Å²) in [5.74, 6) is 0.461. The summed E-state index contributed by atoms with van der Waals surface area (Å²) < 4.78 is 34.8. The molecule has 0 spiro atoms. The standard InChI is InChI=1S/C12H16N2O3S2/c1-18(15)7-5-14-6-8-19(16,17)12-4-2-3-11(9-12)10-13/h2-4,9,14H,5-8H2,1H3. The van der Waals surface area contributed by atoms with Crippen molar-refractivity contribution < 1.29 is 12.6 Å². The highest BCUT2D eigenvalue weighted by Gasteiger charge is 2.14. The van der Waals surface area contributed by atoms with Crippen molar-refractivity contribution in [2.75, 3.05) is 30.9 Å². The summed E-state index contributed by atoms with van der Waals surface area (Å²) in [4.78, 5) is 0.160. The van der Waals surface area contributed by atoms with Crippen LogP contribution >= 0.6 is 0 Å². The van der Waals surface area contributed by atoms with Gasteiger partial charge in [-0.2, -0.15) is 5.26 Å². The minimum Gasteiger partial charge on any atom is -0.315 e. The molecule has 0 aliphatic carbocycles. The van der Waals surface area contributed by atoms with Crippen molar-refractivity contribution in [3.8, 4) is 6.07 Å². The predicted octanol–water partition coefficient (Wildman–Crippen LogP) is 0.300. The van der Waals surface area contributed by atoms with Gasteiger partial charge in [-0.25, -0.2) is 8.42 Å². The summed E-state index contributed by atoms with van der Waals surface area (Å²) >= 11 is 0. The van der Waals surface area contributed by atoms with Crippen LogP contribution < -0.4 is 5.32 Å². The predicted molar refractivity (Wildman–Crippen MR) is 75.0 cm³/mol. The quantitative estimate of drug-likeness (QED) is 0.732. The van der Waals surface area contributed by atoms with Crippen LogP contribution in [0, 0.1) is 11.3 Å². The average molecular weight is 300 g/mol. The maximum absolute atomic E-state index is 12.0. The first-order valence-corrected chi connectivity index (χ1v) is 9.07. The van der Waals surface area contributed by atoms with Gasteiger partial charge in [0.15, 0.2) is 9.84 Å². The van der Waals surface area contributed by atoms with Crippen LogP contribution in [-0.2, 0) is 20.6 Å². The van der Waals surface area contributed by atoms with Gasteiger partial charge in [0.1, 0.15) is 0 Å². The van der Waals surface area contributed by atoms with E-state index in [1.54, 1.807) is 18.4 Å². The van der Waals surface area contributed by atoms with Crippen molar-refractivity contribution in [1.29, 1.82) is 5.26 Å². The van der Waals surface area contributed by atoms with Crippen LogP contribution in [0.3, 0.4) is 0 Å². The third-order valence-corrected chi connectivity index (χ3v) is 4.93. The number of hydrogen-bond acceptors (Lipinski definition) is 5. The maximum Gasteiger partial charge on any atom is 0.179 e. The highest BCUT2D eigenvalue weighted by Crippen LogP contribution is 2.12. The molecular formula is C12H16N2O3S2. The Hall–Kier alpha value is -1.23. The SMILES string of the molecule is CS(=O)CCNCCS(=O)(=O)c1cccc(C#N)c1. The molecule has 104 valence electrons. The second kappa shape index (κ2) is 7.38. The molecule has 19 heavy (non-hydrogen) atoms. The van der Waals surface area contributed by atoms with E-state index in [0.717, 1.165) is 0 Å². The molecule has 1 rings (SSSR count). The van der Waals surface area contributed by atoms with Crippen LogP contribution in [0.2, 0.25) is 0 Å². The van der Waals surface area contributed by atoms with Crippen molar-refractivity contribution >= 4 is 20.6 Å². The lowest BCUT2D eigenvalue weighted by Crippen LogP contribution is -2.26. The molecule has 7 heteroatoms. The fourth-order valence-corrected chi connectivity index (χ4v) is 3.10. The molecule has 1 unspecified atom stereocenters. The third kappa shape index (κ3) is 5.51. The summed E-state index contributed by atoms with van der Waals surface area (Å²) in [5.41, 5.74) is 0.329. The van der Waals surface area contributed by atoms with E-state index in [9.17, 15) is 12.6 Å². The normalized spacial score (nSPS) is 12.8. The van der Waals surface area contributed by atoms with E-state index in [1.165, 1.54) is 12.1 Å². The van der Waals surface area contributed by atoms with Crippen LogP contribution in [-0.4, -0.2) is 43.5 Å². The monoisotopic (exact) mass is 300 g/mol. The molecule has 0 aliphatic heterocycles. The van der Waals surface area contributed by atoms with Crippen LogP contribution in [0.25, 0.3) is 0 Å². The van der Waals surface area contributed by atoms with Gasteiger partial charge >= 0.3 is 0 Å². The summed E-state index contributed by atoms with van der Waals surface area (Å²) in [6, 6.07) is 7.89. The average Bonchev–Trinajstić information content (AvgIpc) is 2.38. The second-order valence-corrected chi connectivity index (χ2v) is 7.65. The molecule has 0 amide bonds. The highest BCUT2D eigenvalue weighted by atomic mass is 32.2. The first kappa shape index (κ1) is 15.8. The summed E-state index contributed by atoms with van der Waals surface area (Å²) in [7, 11) is -4.26. The number of hydrogen-bond donors (Lipinski definition) is 1. The van der Waals surface area contributed by atoms with Gasteiger partial charge in [0, 0.05) is 35.9 Å². The first-order valence-electron chi connectivity index (χ1n) is 5.69. The second-order valence-electron chi connectivity index (χ2n) is 3.99. The zero-order valence-electron chi connectivity index (χ0n) is 10.6. The van der Waals surface area contributed by atoms with E-state index < -0.39 is 20.6 Å². The Balaban J connectivity index is 2.56. The van der Waals surface area contributed by atoms with E-state index in [2.05, 4.69) is 5.32 Å². The number of rotatable bonds is 7. The van der Waals surface area contributed by atoms with E-state index in [1.807, 2.05) is 6.07 Å². The third-order valence-electron chi connectivity index (χ3n) is 2.44. The first-order chi connectivity index (χ1) is 8.95. The Morgan fingerprint density at radius 1 is 1.37 bits per heavy atom. The summed E-state index contributed by atoms with van der Waals surface area (Å²) in [6.07, 6.45) is 1.60. The number of nitrogens with one attached hydrogen (secondary N) is 1. The van der Waals surface area contributed by atoms with Crippen LogP contribution in [0.4, 0.5) is 0 Å². The smallest absolute Gasteiger partial charge is 0.179 e. The lowest BCUT2D eigenvalue weighted by molar-refractivity contribution is 0.592. The van der Waals surface area contributed by atoms with Gasteiger partial charge < -0.3 is 5.32 Å². The Morgan fingerprint density at radius 3 is 2.74 bits per heavy atom. The number of sulfone groups is 1. The molecule has 1 N–H and O–H groups in total. The Bertz CT molecular complexity index is 591. The van der Waals surface area contributed by atoms with Gasteiger partial charge in [-0.3, -0.25) is 4.21 Å². The van der Waals surface area contributed by atoms with Gasteiger partial charge in [0.25, 0.3) is 0 Å². The van der Waals surface area contributed by atoms with Gasteiger partial charge in [-0.1, -0.05) is 6.07 Å². The zero-order chi connectivity index (χ0) is 14.3. The molecule has 0 bridgehead atoms. The lowest BCUT2D eigenvalue weighted by atomic mass is 10.2. The van der Waals surface area contributed by atoms with Crippen molar-refractivity contribution in [3.05, 3.63) is 29.8 Å². The fraction of sp³-hybridized carbons (Fsp3) is 0.417. The summed E-state index contributed by atoms with van der Waals surface area (Å²) in [5, 5.41) is 11.7. The van der Waals surface area contributed by atoms with Gasteiger partial charge in [0.05, 0.1) is 22.3 Å². The molecule has 1 aromatic carbocycles. The van der Waals surface area contributed by atoms with E-state index in [0.29, 0.717) is 24.4 Å². The Labute approximate surface area is 116 Å². The molecule has 0 heterocycles. The van der Waals surface area contributed by atoms with Crippen LogP contribution in [0.1, 0.15) is 5.56 Å². The van der Waals surface area contributed by atoms with Crippen LogP contribution in [0.5, 0.6) is 0 Å². The van der Waals surface area contributed by atoms with E-state index in [4.69, 9.17) is 5.26 Å². The molecule has 1 aromatic rings. The minimum atomic E-state index is -3.38. The molecule has 1 atom stereocenters. The van der Waals surface area contributed by atoms with E-state index >= 15 is 0 Å². The van der Waals surface area contributed by atoms with Crippen LogP contribution in [0.15, 0.2) is 29.2 Å². The molecule has 0 saturated carbocycles. The van der Waals surface area contributed by atoms with Crippen molar-refractivity contribution in [2.24, 2.45) is 0 Å². The largest absolute Gasteiger partial charge is 0.315 e. The molecule has 5 nitrogen and oxygen atoms in total. The van der Waals surface area contributed by atoms with Crippen molar-refractivity contribution in [1.82, 2.24) is 5.32 Å². The maximum atomic E-state index is 12.0. The van der Waals surface area contributed by atoms with Crippen molar-refractivity contribution in [3.63, 3.8) is 0 Å². The zero-order valence-corrected chi connectivity index (χ0v) is 12.3. The minimum absolute atomic E-state index is 0.0434. The number of benzene rings is 1. The molecule has 0 radical (unpaired) electrons. The van der Waals surface area contributed by atoms with Crippen molar-refractivity contribution in [2.45, 2.75) is 4.90 Å². The van der Waals surface area contributed by atoms with Gasteiger partial charge in [-0.05, 0) is 18.2 Å². The highest BCUT2D eigenvalue weighted by molar-refractivity contribution is 7.91. The molecule has 0 aromatic heterocycles. The molecule has 0 saturated heterocycles. The topological polar surface area (TPSA) is 87.0 Å². The van der Waals surface area contributed by atoms with E-state index in [-0.39, 0.29) is 10.6 Å². The van der Waals surface area contributed by atoms with Gasteiger partial charge in [0.2, 0.25) is 0 Å². The molecule has 0 fully saturated rings. The number of nitriles is 1. The lowest BCUT2D eigenvalue weighted by Gasteiger charge is -2.06. The molecular weight excluding hydrogens is 284 g/mol. The molecule has 0 aliphatic rings. The Morgan fingerprint density at radius 2 is 2.11 bits per heavy atom. The Kier molecular flexibility index (Phi) is 6.15.